The summed E-state index contributed by atoms with van der Waals surface area (Å²) in [5, 5.41) is 7.94. The van der Waals surface area contributed by atoms with Crippen LogP contribution in [0.15, 0.2) is 12.3 Å². The van der Waals surface area contributed by atoms with E-state index in [1.165, 1.54) is 19.3 Å². The number of carbonyl (C=O) groups is 1. The van der Waals surface area contributed by atoms with Crippen molar-refractivity contribution < 1.29 is 4.79 Å². The van der Waals surface area contributed by atoms with Crippen molar-refractivity contribution in [1.29, 1.82) is 0 Å². The minimum Gasteiger partial charge on any atom is -0.337 e. The molecule has 1 aliphatic heterocycles. The zero-order valence-electron chi connectivity index (χ0n) is 12.9. The first-order valence-corrected chi connectivity index (χ1v) is 8.33. The van der Waals surface area contributed by atoms with Crippen molar-refractivity contribution in [1.82, 2.24) is 20.0 Å². The molecule has 5 heteroatoms. The monoisotopic (exact) mass is 290 g/mol. The fraction of sp³-hybridized carbons (Fsp3) is 0.750. The fourth-order valence-corrected chi connectivity index (χ4v) is 3.03. The zero-order valence-corrected chi connectivity index (χ0v) is 12.9. The number of rotatable bonds is 6. The van der Waals surface area contributed by atoms with Crippen LogP contribution in [0.4, 0.5) is 0 Å². The fourth-order valence-electron chi connectivity index (χ4n) is 3.03. The van der Waals surface area contributed by atoms with E-state index in [0.29, 0.717) is 11.7 Å². The summed E-state index contributed by atoms with van der Waals surface area (Å²) in [7, 11) is 0. The maximum absolute atomic E-state index is 12.6. The number of piperidine rings is 1. The quantitative estimate of drug-likeness (QED) is 0.872. The van der Waals surface area contributed by atoms with Gasteiger partial charge in [0.1, 0.15) is 5.69 Å². The Hall–Kier alpha value is -1.36. The van der Waals surface area contributed by atoms with Gasteiger partial charge in [-0.3, -0.25) is 9.48 Å². The molecular formula is C16H26N4O. The van der Waals surface area contributed by atoms with Crippen LogP contribution in [0.25, 0.3) is 0 Å². The molecular weight excluding hydrogens is 264 g/mol. The Balaban J connectivity index is 1.66. The molecule has 1 saturated heterocycles. The van der Waals surface area contributed by atoms with Crippen LogP contribution in [0.2, 0.25) is 0 Å². The second kappa shape index (κ2) is 6.60. The first-order chi connectivity index (χ1) is 10.3. The largest absolute Gasteiger partial charge is 0.337 e. The highest BCUT2D eigenvalue weighted by Crippen LogP contribution is 2.30. The number of aromatic nitrogens is 2. The third kappa shape index (κ3) is 3.64. The van der Waals surface area contributed by atoms with Crippen molar-refractivity contribution in [3.05, 3.63) is 18.0 Å². The summed E-state index contributed by atoms with van der Waals surface area (Å²) in [5.41, 5.74) is 0.606. The molecule has 2 heterocycles. The van der Waals surface area contributed by atoms with E-state index >= 15 is 0 Å². The van der Waals surface area contributed by atoms with Gasteiger partial charge in [0.25, 0.3) is 5.91 Å². The highest BCUT2D eigenvalue weighted by molar-refractivity contribution is 5.92. The van der Waals surface area contributed by atoms with Crippen molar-refractivity contribution in [3.8, 4) is 0 Å². The number of nitrogens with zero attached hydrogens (tertiary/aromatic N) is 3. The molecule has 116 valence electrons. The Labute approximate surface area is 126 Å². The van der Waals surface area contributed by atoms with Crippen LogP contribution >= 0.6 is 0 Å². The first-order valence-electron chi connectivity index (χ1n) is 8.33. The molecule has 2 fully saturated rings. The van der Waals surface area contributed by atoms with Crippen LogP contribution < -0.4 is 5.32 Å². The maximum Gasteiger partial charge on any atom is 0.274 e. The van der Waals surface area contributed by atoms with Crippen LogP contribution in [-0.4, -0.2) is 46.8 Å². The molecule has 1 N–H and O–H groups in total. The summed E-state index contributed by atoms with van der Waals surface area (Å²) in [6.07, 6.45) is 7.84. The number of nitrogens with one attached hydrogen (secondary N) is 1. The molecule has 1 amide bonds. The lowest BCUT2D eigenvalue weighted by Gasteiger charge is -2.23. The summed E-state index contributed by atoms with van der Waals surface area (Å²) in [6.45, 7) is 5.92. The highest BCUT2D eigenvalue weighted by Gasteiger charge is 2.28. The van der Waals surface area contributed by atoms with Gasteiger partial charge in [-0.2, -0.15) is 5.10 Å². The molecule has 1 aromatic heterocycles. The zero-order chi connectivity index (χ0) is 14.7. The van der Waals surface area contributed by atoms with Crippen LogP contribution in [-0.2, 0) is 0 Å². The smallest absolute Gasteiger partial charge is 0.274 e. The standard InChI is InChI=1S/C16H26N4O/c1-2-9-19(12-13-5-6-13)16(21)15-7-10-20(18-15)14-4-3-8-17-11-14/h7,10,13-14,17H,2-6,8-9,11-12H2,1H3. The van der Waals surface area contributed by atoms with Gasteiger partial charge in [0.05, 0.1) is 6.04 Å². The predicted molar refractivity (Wildman–Crippen MR) is 82.3 cm³/mol. The van der Waals surface area contributed by atoms with E-state index < -0.39 is 0 Å². The van der Waals surface area contributed by atoms with E-state index in [0.717, 1.165) is 44.9 Å². The molecule has 5 nitrogen and oxygen atoms in total. The SMILES string of the molecule is CCCN(CC1CC1)C(=O)c1ccn(C2CCCNC2)n1. The summed E-state index contributed by atoms with van der Waals surface area (Å²) in [6, 6.07) is 2.27. The van der Waals surface area contributed by atoms with Gasteiger partial charge in [-0.05, 0) is 50.6 Å². The van der Waals surface area contributed by atoms with Gasteiger partial charge in [0, 0.05) is 25.8 Å². The lowest BCUT2D eigenvalue weighted by molar-refractivity contribution is 0.0740. The van der Waals surface area contributed by atoms with Crippen molar-refractivity contribution >= 4 is 5.91 Å². The Morgan fingerprint density at radius 3 is 3.00 bits per heavy atom. The van der Waals surface area contributed by atoms with E-state index in [2.05, 4.69) is 17.3 Å². The van der Waals surface area contributed by atoms with Gasteiger partial charge in [0.15, 0.2) is 0 Å². The van der Waals surface area contributed by atoms with E-state index in [1.54, 1.807) is 0 Å². The minimum absolute atomic E-state index is 0.103. The van der Waals surface area contributed by atoms with Gasteiger partial charge in [-0.15, -0.1) is 0 Å². The lowest BCUT2D eigenvalue weighted by atomic mass is 10.1. The van der Waals surface area contributed by atoms with E-state index in [4.69, 9.17) is 0 Å². The summed E-state index contributed by atoms with van der Waals surface area (Å²) in [4.78, 5) is 14.6. The minimum atomic E-state index is 0.103. The van der Waals surface area contributed by atoms with Gasteiger partial charge >= 0.3 is 0 Å². The number of carbonyl (C=O) groups excluding carboxylic acids is 1. The topological polar surface area (TPSA) is 50.2 Å². The van der Waals surface area contributed by atoms with Gasteiger partial charge in [-0.25, -0.2) is 0 Å². The Morgan fingerprint density at radius 1 is 1.48 bits per heavy atom. The highest BCUT2D eigenvalue weighted by atomic mass is 16.2. The third-order valence-electron chi connectivity index (χ3n) is 4.43. The van der Waals surface area contributed by atoms with Crippen molar-refractivity contribution in [2.75, 3.05) is 26.2 Å². The molecule has 3 rings (SSSR count). The predicted octanol–water partition coefficient (Wildman–Crippen LogP) is 2.07. The second-order valence-corrected chi connectivity index (χ2v) is 6.38. The molecule has 1 unspecified atom stereocenters. The molecule has 0 aromatic carbocycles. The summed E-state index contributed by atoms with van der Waals surface area (Å²) < 4.78 is 1.97. The molecule has 2 aliphatic rings. The average molecular weight is 290 g/mol. The van der Waals surface area contributed by atoms with Crippen LogP contribution in [0, 0.1) is 5.92 Å². The van der Waals surface area contributed by atoms with Crippen LogP contribution in [0.5, 0.6) is 0 Å². The summed E-state index contributed by atoms with van der Waals surface area (Å²) >= 11 is 0. The lowest BCUT2D eigenvalue weighted by Crippen LogP contribution is -2.34. The van der Waals surface area contributed by atoms with Crippen LogP contribution in [0.3, 0.4) is 0 Å². The summed E-state index contributed by atoms with van der Waals surface area (Å²) in [5.74, 6) is 0.830. The van der Waals surface area contributed by atoms with E-state index in [-0.39, 0.29) is 5.91 Å². The van der Waals surface area contributed by atoms with E-state index in [9.17, 15) is 4.79 Å². The van der Waals surface area contributed by atoms with Crippen molar-refractivity contribution in [3.63, 3.8) is 0 Å². The molecule has 1 aliphatic carbocycles. The molecule has 1 saturated carbocycles. The Morgan fingerprint density at radius 2 is 2.33 bits per heavy atom. The van der Waals surface area contributed by atoms with Crippen molar-refractivity contribution in [2.24, 2.45) is 5.92 Å². The van der Waals surface area contributed by atoms with Crippen molar-refractivity contribution in [2.45, 2.75) is 45.1 Å². The normalized spacial score (nSPS) is 22.2. The third-order valence-corrected chi connectivity index (χ3v) is 4.43. The Kier molecular flexibility index (Phi) is 4.58. The number of hydrogen-bond donors (Lipinski definition) is 1. The molecule has 21 heavy (non-hydrogen) atoms. The Bertz CT molecular complexity index is 474. The maximum atomic E-state index is 12.6. The molecule has 0 bridgehead atoms. The average Bonchev–Trinajstić information content (AvgIpc) is 3.20. The number of amides is 1. The van der Waals surface area contributed by atoms with Gasteiger partial charge in [0.2, 0.25) is 0 Å². The second-order valence-electron chi connectivity index (χ2n) is 6.38. The number of hydrogen-bond acceptors (Lipinski definition) is 3. The molecule has 0 radical (unpaired) electrons. The van der Waals surface area contributed by atoms with Gasteiger partial charge < -0.3 is 10.2 Å². The van der Waals surface area contributed by atoms with Gasteiger partial charge in [-0.1, -0.05) is 6.92 Å². The van der Waals surface area contributed by atoms with Crippen LogP contribution in [0.1, 0.15) is 55.6 Å². The molecule has 1 aromatic rings. The first kappa shape index (κ1) is 14.6. The van der Waals surface area contributed by atoms with E-state index in [1.807, 2.05) is 21.8 Å². The molecule has 1 atom stereocenters. The molecule has 0 spiro atoms.